The molecule has 0 unspecified atom stereocenters. The Morgan fingerprint density at radius 2 is 2.06 bits per heavy atom. The van der Waals surface area contributed by atoms with Gasteiger partial charge in [0.05, 0.1) is 18.3 Å². The number of amides is 4. The quantitative estimate of drug-likeness (QED) is 0.696. The molecule has 1 aromatic rings. The molecule has 4 heterocycles. The molecule has 9 nitrogen and oxygen atoms in total. The minimum absolute atomic E-state index is 0.00523. The van der Waals surface area contributed by atoms with E-state index in [9.17, 15) is 27.6 Å². The Morgan fingerprint density at radius 1 is 1.32 bits per heavy atom. The molecule has 3 aliphatic heterocycles. The highest BCUT2D eigenvalue weighted by molar-refractivity contribution is 6.04. The van der Waals surface area contributed by atoms with E-state index in [0.29, 0.717) is 25.1 Å². The molecule has 3 aliphatic rings. The lowest BCUT2D eigenvalue weighted by atomic mass is 9.94. The van der Waals surface area contributed by atoms with Gasteiger partial charge in [-0.1, -0.05) is 13.8 Å². The first kappa shape index (κ1) is 21.4. The number of hydrogen-bond acceptors (Lipinski definition) is 5. The van der Waals surface area contributed by atoms with Crippen LogP contribution in [0, 0.1) is 5.92 Å². The zero-order valence-electron chi connectivity index (χ0n) is 17.3. The number of halogens is 3. The van der Waals surface area contributed by atoms with Crippen molar-refractivity contribution in [1.82, 2.24) is 24.9 Å². The van der Waals surface area contributed by atoms with Gasteiger partial charge in [0.1, 0.15) is 12.4 Å². The highest BCUT2D eigenvalue weighted by Crippen LogP contribution is 2.42. The summed E-state index contributed by atoms with van der Waals surface area (Å²) >= 11 is 0. The van der Waals surface area contributed by atoms with Crippen molar-refractivity contribution in [3.63, 3.8) is 0 Å². The molecule has 0 saturated carbocycles. The van der Waals surface area contributed by atoms with Crippen LogP contribution in [0.15, 0.2) is 6.07 Å². The van der Waals surface area contributed by atoms with E-state index in [0.717, 1.165) is 9.58 Å². The van der Waals surface area contributed by atoms with Crippen molar-refractivity contribution in [2.24, 2.45) is 5.92 Å². The Kier molecular flexibility index (Phi) is 5.34. The molecule has 4 amide bonds. The molecule has 0 bridgehead atoms. The summed E-state index contributed by atoms with van der Waals surface area (Å²) in [5.74, 6) is -0.621. The summed E-state index contributed by atoms with van der Waals surface area (Å²) in [7, 11) is 0. The number of nitrogens with one attached hydrogen (secondary N) is 2. The van der Waals surface area contributed by atoms with Crippen LogP contribution in [-0.4, -0.2) is 69.3 Å². The first-order valence-corrected chi connectivity index (χ1v) is 10.4. The molecule has 2 saturated heterocycles. The van der Waals surface area contributed by atoms with Crippen molar-refractivity contribution in [2.75, 3.05) is 25.0 Å². The van der Waals surface area contributed by atoms with Crippen LogP contribution in [0.3, 0.4) is 0 Å². The molecule has 4 rings (SSSR count). The van der Waals surface area contributed by atoms with E-state index >= 15 is 0 Å². The van der Waals surface area contributed by atoms with Crippen LogP contribution in [0.4, 0.5) is 23.8 Å². The number of fused-ring (bicyclic) bond motifs is 1. The number of urea groups is 1. The lowest BCUT2D eigenvalue weighted by molar-refractivity contribution is -0.174. The Balaban J connectivity index is 1.57. The third-order valence-electron chi connectivity index (χ3n) is 6.19. The van der Waals surface area contributed by atoms with Gasteiger partial charge < -0.3 is 15.5 Å². The smallest absolute Gasteiger partial charge is 0.367 e. The minimum atomic E-state index is -4.44. The molecule has 0 aliphatic carbocycles. The van der Waals surface area contributed by atoms with Crippen molar-refractivity contribution >= 4 is 23.7 Å². The molecular formula is C19H25F3N6O3. The summed E-state index contributed by atoms with van der Waals surface area (Å²) in [6.07, 6.45) is -3.35. The van der Waals surface area contributed by atoms with Crippen LogP contribution in [0.5, 0.6) is 0 Å². The summed E-state index contributed by atoms with van der Waals surface area (Å²) in [5.41, 5.74) is 0.379. The molecular weight excluding hydrogens is 417 g/mol. The molecule has 12 heteroatoms. The summed E-state index contributed by atoms with van der Waals surface area (Å²) < 4.78 is 42.1. The van der Waals surface area contributed by atoms with E-state index in [-0.39, 0.29) is 30.7 Å². The SMILES string of the molecule is CC(C)[C@@H]1C[C@H](C(F)(F)F)n2nc([C@@H]3CCCN3C(=O)CN3C(=O)CNC3=O)cc2N1. The minimum Gasteiger partial charge on any atom is -0.367 e. The largest absolute Gasteiger partial charge is 0.410 e. The molecule has 1 aromatic heterocycles. The molecule has 170 valence electrons. The first-order valence-electron chi connectivity index (χ1n) is 10.4. The zero-order valence-corrected chi connectivity index (χ0v) is 17.3. The first-order chi connectivity index (χ1) is 14.6. The van der Waals surface area contributed by atoms with Crippen LogP contribution in [0.2, 0.25) is 0 Å². The van der Waals surface area contributed by atoms with E-state index in [2.05, 4.69) is 15.7 Å². The molecule has 31 heavy (non-hydrogen) atoms. The predicted octanol–water partition coefficient (Wildman–Crippen LogP) is 2.04. The maximum absolute atomic E-state index is 13.7. The van der Waals surface area contributed by atoms with E-state index in [1.54, 1.807) is 6.07 Å². The van der Waals surface area contributed by atoms with E-state index < -0.39 is 42.7 Å². The van der Waals surface area contributed by atoms with Crippen molar-refractivity contribution in [3.8, 4) is 0 Å². The highest BCUT2D eigenvalue weighted by atomic mass is 19.4. The van der Waals surface area contributed by atoms with Crippen LogP contribution in [0.1, 0.15) is 50.9 Å². The highest BCUT2D eigenvalue weighted by Gasteiger charge is 2.47. The average Bonchev–Trinajstić information content (AvgIpc) is 3.40. The van der Waals surface area contributed by atoms with Gasteiger partial charge in [-0.2, -0.15) is 18.3 Å². The lowest BCUT2D eigenvalue weighted by Gasteiger charge is -2.35. The monoisotopic (exact) mass is 442 g/mol. The van der Waals surface area contributed by atoms with Gasteiger partial charge in [0.2, 0.25) is 5.91 Å². The van der Waals surface area contributed by atoms with Crippen LogP contribution in [-0.2, 0) is 9.59 Å². The molecule has 2 fully saturated rings. The maximum atomic E-state index is 13.7. The number of imide groups is 1. The Hall–Kier alpha value is -2.79. The van der Waals surface area contributed by atoms with Crippen LogP contribution < -0.4 is 10.6 Å². The number of nitrogens with zero attached hydrogens (tertiary/aromatic N) is 4. The molecule has 0 radical (unpaired) electrons. The topological polar surface area (TPSA) is 99.6 Å². The second-order valence-electron chi connectivity index (χ2n) is 8.57. The van der Waals surface area contributed by atoms with Crippen molar-refractivity contribution < 1.29 is 27.6 Å². The maximum Gasteiger partial charge on any atom is 0.410 e. The van der Waals surface area contributed by atoms with Gasteiger partial charge in [0, 0.05) is 18.7 Å². The second kappa shape index (κ2) is 7.72. The number of hydrogen-bond donors (Lipinski definition) is 2. The van der Waals surface area contributed by atoms with E-state index in [4.69, 9.17) is 0 Å². The number of carbonyl (C=O) groups excluding carboxylic acids is 3. The Bertz CT molecular complexity index is 883. The number of aromatic nitrogens is 2. The third kappa shape index (κ3) is 3.94. The van der Waals surface area contributed by atoms with Gasteiger partial charge in [-0.05, 0) is 25.2 Å². The van der Waals surface area contributed by atoms with Crippen molar-refractivity contribution in [1.29, 1.82) is 0 Å². The zero-order chi connectivity index (χ0) is 22.5. The Morgan fingerprint density at radius 3 is 2.68 bits per heavy atom. The summed E-state index contributed by atoms with van der Waals surface area (Å²) in [5, 5.41) is 9.76. The third-order valence-corrected chi connectivity index (χ3v) is 6.19. The molecule has 2 N–H and O–H groups in total. The summed E-state index contributed by atoms with van der Waals surface area (Å²) in [6.45, 7) is 3.58. The standard InChI is InChI=1S/C19H25F3N6O3/c1-10(2)11-6-14(19(20,21)22)28-15(24-11)7-12(25-28)13-4-3-5-26(13)17(30)9-27-16(29)8-23-18(27)31/h7,10-11,13-14,24H,3-6,8-9H2,1-2H3,(H,23,31)/t11-,13-,14+/m0/s1. The van der Waals surface area contributed by atoms with Gasteiger partial charge in [-0.3, -0.25) is 14.5 Å². The second-order valence-corrected chi connectivity index (χ2v) is 8.57. The fraction of sp³-hybridized carbons (Fsp3) is 0.684. The van der Waals surface area contributed by atoms with Gasteiger partial charge in [-0.25, -0.2) is 9.48 Å². The fourth-order valence-corrected chi connectivity index (χ4v) is 4.44. The van der Waals surface area contributed by atoms with Crippen LogP contribution >= 0.6 is 0 Å². The Labute approximate surface area is 176 Å². The molecule has 3 atom stereocenters. The van der Waals surface area contributed by atoms with Crippen molar-refractivity contribution in [3.05, 3.63) is 11.8 Å². The van der Waals surface area contributed by atoms with E-state index in [1.165, 1.54) is 4.90 Å². The molecule has 0 aromatic carbocycles. The normalized spacial score (nSPS) is 26.3. The van der Waals surface area contributed by atoms with Crippen molar-refractivity contribution in [2.45, 2.75) is 57.4 Å². The van der Waals surface area contributed by atoms with Gasteiger partial charge in [0.15, 0.2) is 6.04 Å². The number of likely N-dealkylation sites (tertiary alicyclic amines) is 1. The fourth-order valence-electron chi connectivity index (χ4n) is 4.44. The van der Waals surface area contributed by atoms with Gasteiger partial charge >= 0.3 is 12.2 Å². The van der Waals surface area contributed by atoms with Crippen LogP contribution in [0.25, 0.3) is 0 Å². The summed E-state index contributed by atoms with van der Waals surface area (Å²) in [4.78, 5) is 38.7. The number of alkyl halides is 3. The predicted molar refractivity (Wildman–Crippen MR) is 103 cm³/mol. The summed E-state index contributed by atoms with van der Waals surface area (Å²) in [6, 6.07) is -1.62. The van der Waals surface area contributed by atoms with Gasteiger partial charge in [0.25, 0.3) is 5.91 Å². The number of rotatable bonds is 4. The molecule has 0 spiro atoms. The average molecular weight is 442 g/mol. The van der Waals surface area contributed by atoms with Gasteiger partial charge in [-0.15, -0.1) is 0 Å². The van der Waals surface area contributed by atoms with E-state index in [1.807, 2.05) is 13.8 Å². The number of carbonyl (C=O) groups is 3. The lowest BCUT2D eigenvalue weighted by Crippen LogP contribution is -2.43. The number of anilines is 1.